The molecule has 24 heavy (non-hydrogen) atoms. The van der Waals surface area contributed by atoms with Crippen LogP contribution in [0.4, 0.5) is 5.69 Å². The molecular weight excluding hydrogens is 368 g/mol. The van der Waals surface area contributed by atoms with Crippen LogP contribution in [0.2, 0.25) is 0 Å². The third-order valence-electron chi connectivity index (χ3n) is 4.76. The van der Waals surface area contributed by atoms with Crippen molar-refractivity contribution in [3.63, 3.8) is 0 Å². The first-order valence-corrected chi connectivity index (χ1v) is 9.11. The summed E-state index contributed by atoms with van der Waals surface area (Å²) >= 11 is 3.66. The molecule has 126 valence electrons. The van der Waals surface area contributed by atoms with E-state index in [4.69, 9.17) is 9.47 Å². The molecule has 4 rings (SSSR count). The summed E-state index contributed by atoms with van der Waals surface area (Å²) in [5.41, 5.74) is 3.97. The highest BCUT2D eigenvalue weighted by atomic mass is 79.9. The lowest BCUT2D eigenvalue weighted by atomic mass is 10.1. The van der Waals surface area contributed by atoms with E-state index in [0.717, 1.165) is 48.7 Å². The largest absolute Gasteiger partial charge is 0.454 e. The topological polar surface area (TPSA) is 24.9 Å². The third kappa shape index (κ3) is 3.10. The number of benzene rings is 2. The van der Waals surface area contributed by atoms with E-state index in [1.54, 1.807) is 0 Å². The molecule has 1 saturated heterocycles. The number of fused-ring (bicyclic) bond motifs is 1. The number of piperazine rings is 1. The van der Waals surface area contributed by atoms with Gasteiger partial charge in [0.15, 0.2) is 11.5 Å². The minimum atomic E-state index is 0.320. The van der Waals surface area contributed by atoms with Gasteiger partial charge < -0.3 is 14.4 Å². The number of para-hydroxylation sites is 1. The fourth-order valence-electron chi connectivity index (χ4n) is 3.39. The lowest BCUT2D eigenvalue weighted by molar-refractivity contribution is 0.174. The summed E-state index contributed by atoms with van der Waals surface area (Å²) in [7, 11) is 0. The van der Waals surface area contributed by atoms with Crippen molar-refractivity contribution in [2.45, 2.75) is 13.5 Å². The molecule has 0 bridgehead atoms. The van der Waals surface area contributed by atoms with Gasteiger partial charge in [0.05, 0.1) is 0 Å². The maximum absolute atomic E-state index is 5.50. The second-order valence-electron chi connectivity index (χ2n) is 6.35. The molecule has 0 unspecified atom stereocenters. The molecule has 2 aliphatic rings. The molecule has 0 spiro atoms. The van der Waals surface area contributed by atoms with Crippen molar-refractivity contribution in [2.75, 3.05) is 37.9 Å². The molecule has 0 amide bonds. The fraction of sp³-hybridized carbons (Fsp3) is 0.368. The lowest BCUT2D eigenvalue weighted by Crippen LogP contribution is -2.46. The van der Waals surface area contributed by atoms with Gasteiger partial charge in [0.25, 0.3) is 0 Å². The molecule has 1 fully saturated rings. The fourth-order valence-corrected chi connectivity index (χ4v) is 3.83. The maximum atomic E-state index is 5.50. The van der Waals surface area contributed by atoms with Gasteiger partial charge in [-0.25, -0.2) is 0 Å². The number of hydrogen-bond donors (Lipinski definition) is 0. The highest BCUT2D eigenvalue weighted by Gasteiger charge is 2.21. The minimum Gasteiger partial charge on any atom is -0.454 e. The Labute approximate surface area is 151 Å². The van der Waals surface area contributed by atoms with Gasteiger partial charge in [-0.3, -0.25) is 4.90 Å². The van der Waals surface area contributed by atoms with Crippen molar-refractivity contribution in [2.24, 2.45) is 0 Å². The molecule has 0 saturated carbocycles. The predicted octanol–water partition coefficient (Wildman–Crippen LogP) is 3.81. The van der Waals surface area contributed by atoms with Crippen LogP contribution in [0, 0.1) is 6.92 Å². The van der Waals surface area contributed by atoms with Crippen LogP contribution >= 0.6 is 15.9 Å². The molecule has 2 heterocycles. The summed E-state index contributed by atoms with van der Waals surface area (Å²) in [5.74, 6) is 1.68. The zero-order chi connectivity index (χ0) is 16.5. The summed E-state index contributed by atoms with van der Waals surface area (Å²) in [6.45, 7) is 7.69. The van der Waals surface area contributed by atoms with E-state index in [9.17, 15) is 0 Å². The smallest absolute Gasteiger partial charge is 0.231 e. The second-order valence-corrected chi connectivity index (χ2v) is 7.20. The second kappa shape index (κ2) is 6.65. The Morgan fingerprint density at radius 2 is 1.71 bits per heavy atom. The molecule has 0 atom stereocenters. The molecule has 2 aromatic carbocycles. The average molecular weight is 389 g/mol. The van der Waals surface area contributed by atoms with Crippen LogP contribution < -0.4 is 14.4 Å². The van der Waals surface area contributed by atoms with Crippen LogP contribution in [0.5, 0.6) is 11.5 Å². The summed E-state index contributed by atoms with van der Waals surface area (Å²) in [4.78, 5) is 4.98. The number of nitrogens with zero attached hydrogens (tertiary/aromatic N) is 2. The number of ether oxygens (including phenoxy) is 2. The number of anilines is 1. The molecule has 0 N–H and O–H groups in total. The summed E-state index contributed by atoms with van der Waals surface area (Å²) in [6, 6.07) is 12.7. The van der Waals surface area contributed by atoms with Gasteiger partial charge in [-0.2, -0.15) is 0 Å². The Morgan fingerprint density at radius 1 is 1.00 bits per heavy atom. The molecule has 5 heteroatoms. The van der Waals surface area contributed by atoms with E-state index in [1.807, 2.05) is 6.07 Å². The van der Waals surface area contributed by atoms with E-state index >= 15 is 0 Å². The minimum absolute atomic E-state index is 0.320. The van der Waals surface area contributed by atoms with E-state index in [1.165, 1.54) is 16.8 Å². The van der Waals surface area contributed by atoms with Gasteiger partial charge in [-0.05, 0) is 36.2 Å². The Morgan fingerprint density at radius 3 is 2.46 bits per heavy atom. The van der Waals surface area contributed by atoms with Crippen LogP contribution in [0.1, 0.15) is 11.1 Å². The lowest BCUT2D eigenvalue weighted by Gasteiger charge is -2.37. The number of aryl methyl sites for hydroxylation is 1. The van der Waals surface area contributed by atoms with E-state index in [0.29, 0.717) is 6.79 Å². The van der Waals surface area contributed by atoms with Gasteiger partial charge >= 0.3 is 0 Å². The molecule has 0 aromatic heterocycles. The van der Waals surface area contributed by atoms with Gasteiger partial charge in [0.2, 0.25) is 6.79 Å². The van der Waals surface area contributed by atoms with Gasteiger partial charge in [0.1, 0.15) is 0 Å². The van der Waals surface area contributed by atoms with Crippen LogP contribution in [0.3, 0.4) is 0 Å². The van der Waals surface area contributed by atoms with Gasteiger partial charge in [-0.15, -0.1) is 0 Å². The summed E-state index contributed by atoms with van der Waals surface area (Å²) in [6.07, 6.45) is 0. The number of halogens is 1. The van der Waals surface area contributed by atoms with Crippen LogP contribution in [-0.2, 0) is 6.54 Å². The Hall–Kier alpha value is -1.72. The van der Waals surface area contributed by atoms with Crippen LogP contribution in [-0.4, -0.2) is 37.9 Å². The predicted molar refractivity (Wildman–Crippen MR) is 98.9 cm³/mol. The summed E-state index contributed by atoms with van der Waals surface area (Å²) < 4.78 is 12.0. The average Bonchev–Trinajstić information content (AvgIpc) is 3.03. The van der Waals surface area contributed by atoms with Crippen molar-refractivity contribution in [1.29, 1.82) is 0 Å². The van der Waals surface area contributed by atoms with Gasteiger partial charge in [0, 0.05) is 42.9 Å². The monoisotopic (exact) mass is 388 g/mol. The maximum Gasteiger partial charge on any atom is 0.231 e. The zero-order valence-electron chi connectivity index (χ0n) is 13.8. The Kier molecular flexibility index (Phi) is 4.37. The van der Waals surface area contributed by atoms with Crippen molar-refractivity contribution >= 4 is 21.6 Å². The first kappa shape index (κ1) is 15.8. The van der Waals surface area contributed by atoms with E-state index in [2.05, 4.69) is 63.0 Å². The molecule has 0 radical (unpaired) electrons. The molecule has 0 aliphatic carbocycles. The molecule has 4 nitrogen and oxygen atoms in total. The van der Waals surface area contributed by atoms with E-state index in [-0.39, 0.29) is 0 Å². The molecule has 2 aliphatic heterocycles. The standard InChI is InChI=1S/C19H21BrN2O2/c1-14-4-2-3-5-17(14)22-8-6-21(7-9-22)12-15-10-18-19(11-16(15)20)24-13-23-18/h2-5,10-11H,6-9,12-13H2,1H3. The Balaban J connectivity index is 1.41. The van der Waals surface area contributed by atoms with Crippen molar-refractivity contribution < 1.29 is 9.47 Å². The number of rotatable bonds is 3. The van der Waals surface area contributed by atoms with Crippen molar-refractivity contribution in [3.8, 4) is 11.5 Å². The highest BCUT2D eigenvalue weighted by molar-refractivity contribution is 9.10. The van der Waals surface area contributed by atoms with E-state index < -0.39 is 0 Å². The van der Waals surface area contributed by atoms with Crippen LogP contribution in [0.15, 0.2) is 40.9 Å². The van der Waals surface area contributed by atoms with Crippen LogP contribution in [0.25, 0.3) is 0 Å². The van der Waals surface area contributed by atoms with Crippen molar-refractivity contribution in [1.82, 2.24) is 4.90 Å². The Bertz CT molecular complexity index is 742. The normalized spacial score (nSPS) is 17.3. The third-order valence-corrected chi connectivity index (χ3v) is 5.50. The first-order valence-electron chi connectivity index (χ1n) is 8.31. The summed E-state index contributed by atoms with van der Waals surface area (Å²) in [5, 5.41) is 0. The molecular formula is C19H21BrN2O2. The molecule has 2 aromatic rings. The highest BCUT2D eigenvalue weighted by Crippen LogP contribution is 2.37. The zero-order valence-corrected chi connectivity index (χ0v) is 15.4. The van der Waals surface area contributed by atoms with Gasteiger partial charge in [-0.1, -0.05) is 34.1 Å². The first-order chi connectivity index (χ1) is 11.7. The SMILES string of the molecule is Cc1ccccc1N1CCN(Cc2cc3c(cc2Br)OCO3)CC1. The van der Waals surface area contributed by atoms with Crippen molar-refractivity contribution in [3.05, 3.63) is 52.0 Å². The number of hydrogen-bond acceptors (Lipinski definition) is 4. The quantitative estimate of drug-likeness (QED) is 0.797.